The molecule has 0 spiro atoms. The molecular formula is C10H13OSi. The molecule has 1 radical (unpaired) electrons. The van der Waals surface area contributed by atoms with Crippen LogP contribution in [0.2, 0.25) is 13.1 Å². The standard InChI is InChI=1S/C10H13OSi/c1-12(2,11)9-8-10-6-4-3-5-7-10/h3-9H,1-2H3/b9-8+. The van der Waals surface area contributed by atoms with Crippen LogP contribution in [0.3, 0.4) is 0 Å². The lowest BCUT2D eigenvalue weighted by atomic mass is 10.2. The highest BCUT2D eigenvalue weighted by atomic mass is 28.4. The Morgan fingerprint density at radius 3 is 2.25 bits per heavy atom. The molecule has 0 aliphatic carbocycles. The first-order chi connectivity index (χ1) is 5.58. The molecule has 1 aromatic rings. The van der Waals surface area contributed by atoms with Crippen LogP contribution >= 0.6 is 0 Å². The van der Waals surface area contributed by atoms with Crippen LogP contribution < -0.4 is 0 Å². The zero-order valence-corrected chi connectivity index (χ0v) is 8.45. The summed E-state index contributed by atoms with van der Waals surface area (Å²) in [7, 11) is -2.27. The van der Waals surface area contributed by atoms with Crippen LogP contribution in [0, 0.1) is 0 Å². The zero-order valence-electron chi connectivity index (χ0n) is 7.45. The van der Waals surface area contributed by atoms with E-state index in [0.29, 0.717) is 0 Å². The van der Waals surface area contributed by atoms with Crippen molar-refractivity contribution in [2.45, 2.75) is 13.1 Å². The minimum absolute atomic E-state index is 1.11. The molecule has 1 nitrogen and oxygen atoms in total. The summed E-state index contributed by atoms with van der Waals surface area (Å²) in [5.41, 5.74) is 2.91. The highest BCUT2D eigenvalue weighted by Gasteiger charge is 2.13. The lowest BCUT2D eigenvalue weighted by Crippen LogP contribution is -2.18. The second-order valence-corrected chi connectivity index (χ2v) is 6.89. The van der Waals surface area contributed by atoms with Gasteiger partial charge in [-0.25, -0.2) is 0 Å². The molecular weight excluding hydrogens is 164 g/mol. The topological polar surface area (TPSA) is 19.9 Å². The highest BCUT2D eigenvalue weighted by Crippen LogP contribution is 2.05. The summed E-state index contributed by atoms with van der Waals surface area (Å²) < 4.78 is 0. The van der Waals surface area contributed by atoms with Crippen molar-refractivity contribution in [2.75, 3.05) is 0 Å². The number of hydrogen-bond acceptors (Lipinski definition) is 0. The van der Waals surface area contributed by atoms with Gasteiger partial charge in [-0.15, -0.1) is 0 Å². The maximum atomic E-state index is 11.3. The lowest BCUT2D eigenvalue weighted by Gasteiger charge is -2.02. The minimum atomic E-state index is -2.27. The molecule has 2 heteroatoms. The van der Waals surface area contributed by atoms with E-state index >= 15 is 0 Å². The third-order valence-corrected chi connectivity index (χ3v) is 2.45. The second-order valence-electron chi connectivity index (χ2n) is 3.35. The minimum Gasteiger partial charge on any atom is -0.293 e. The van der Waals surface area contributed by atoms with E-state index in [1.165, 1.54) is 0 Å². The van der Waals surface area contributed by atoms with Crippen LogP contribution in [0.1, 0.15) is 5.56 Å². The van der Waals surface area contributed by atoms with Gasteiger partial charge in [-0.3, -0.25) is 4.80 Å². The number of hydrogen-bond donors (Lipinski definition) is 0. The first-order valence-electron chi connectivity index (χ1n) is 4.03. The fourth-order valence-electron chi connectivity index (χ4n) is 0.861. The Bertz CT molecular complexity index is 259. The van der Waals surface area contributed by atoms with Crippen molar-refractivity contribution in [2.24, 2.45) is 0 Å². The molecule has 0 unspecified atom stereocenters. The first-order valence-corrected chi connectivity index (χ1v) is 7.01. The average molecular weight is 177 g/mol. The van der Waals surface area contributed by atoms with E-state index in [2.05, 4.69) is 0 Å². The Balaban J connectivity index is 2.71. The summed E-state index contributed by atoms with van der Waals surface area (Å²) in [4.78, 5) is 11.3. The Hall–Kier alpha value is -0.863. The quantitative estimate of drug-likeness (QED) is 0.619. The summed E-state index contributed by atoms with van der Waals surface area (Å²) in [6.07, 6.45) is 1.92. The predicted molar refractivity (Wildman–Crippen MR) is 53.6 cm³/mol. The fourth-order valence-corrected chi connectivity index (χ4v) is 1.45. The Morgan fingerprint density at radius 1 is 1.17 bits per heavy atom. The molecule has 0 aliphatic rings. The van der Waals surface area contributed by atoms with Crippen molar-refractivity contribution in [1.29, 1.82) is 0 Å². The molecule has 0 N–H and O–H groups in total. The van der Waals surface area contributed by atoms with Crippen molar-refractivity contribution in [3.8, 4) is 0 Å². The van der Waals surface area contributed by atoms with Crippen LogP contribution in [0.5, 0.6) is 0 Å². The summed E-state index contributed by atoms with van der Waals surface area (Å²) in [6, 6.07) is 9.91. The molecule has 1 aromatic carbocycles. The van der Waals surface area contributed by atoms with Gasteiger partial charge < -0.3 is 0 Å². The van der Waals surface area contributed by atoms with Gasteiger partial charge in [0.25, 0.3) is 8.32 Å². The third-order valence-electron chi connectivity index (χ3n) is 1.48. The fraction of sp³-hybridized carbons (Fsp3) is 0.200. The Labute approximate surface area is 74.5 Å². The molecule has 63 valence electrons. The van der Waals surface area contributed by atoms with Gasteiger partial charge in [0.1, 0.15) is 0 Å². The van der Waals surface area contributed by atoms with Crippen LogP contribution in [-0.4, -0.2) is 8.32 Å². The molecule has 0 amide bonds. The summed E-state index contributed by atoms with van der Waals surface area (Å²) in [5.74, 6) is 0. The maximum Gasteiger partial charge on any atom is 0.254 e. The number of rotatable bonds is 2. The van der Waals surface area contributed by atoms with E-state index in [4.69, 9.17) is 0 Å². The average Bonchev–Trinajstić information content (AvgIpc) is 2.02. The highest BCUT2D eigenvalue weighted by molar-refractivity contribution is 6.75. The van der Waals surface area contributed by atoms with E-state index in [1.807, 2.05) is 42.1 Å². The normalized spacial score (nSPS) is 12.2. The molecule has 0 aliphatic heterocycles. The maximum absolute atomic E-state index is 11.3. The largest absolute Gasteiger partial charge is 0.293 e. The Morgan fingerprint density at radius 2 is 1.75 bits per heavy atom. The zero-order chi connectivity index (χ0) is 9.03. The third kappa shape index (κ3) is 3.51. The van der Waals surface area contributed by atoms with Gasteiger partial charge in [-0.05, 0) is 18.7 Å². The van der Waals surface area contributed by atoms with Gasteiger partial charge >= 0.3 is 0 Å². The second kappa shape index (κ2) is 3.69. The van der Waals surface area contributed by atoms with Gasteiger partial charge in [0.15, 0.2) is 0 Å². The van der Waals surface area contributed by atoms with E-state index in [9.17, 15) is 4.80 Å². The SMILES string of the molecule is C[Si](C)([O])/C=C/c1ccccc1. The van der Waals surface area contributed by atoms with E-state index in [0.717, 1.165) is 5.56 Å². The van der Waals surface area contributed by atoms with E-state index in [-0.39, 0.29) is 0 Å². The van der Waals surface area contributed by atoms with Crippen molar-refractivity contribution in [3.63, 3.8) is 0 Å². The van der Waals surface area contributed by atoms with Crippen molar-refractivity contribution >= 4 is 14.4 Å². The lowest BCUT2D eigenvalue weighted by molar-refractivity contribution is 0.442. The number of benzene rings is 1. The van der Waals surface area contributed by atoms with Crippen molar-refractivity contribution < 1.29 is 4.80 Å². The summed E-state index contributed by atoms with van der Waals surface area (Å²) >= 11 is 0. The van der Waals surface area contributed by atoms with Crippen LogP contribution in [0.25, 0.3) is 6.08 Å². The monoisotopic (exact) mass is 177 g/mol. The smallest absolute Gasteiger partial charge is 0.254 e. The molecule has 0 saturated heterocycles. The van der Waals surface area contributed by atoms with Crippen LogP contribution in [0.15, 0.2) is 36.0 Å². The summed E-state index contributed by atoms with van der Waals surface area (Å²) in [5, 5.41) is 0. The summed E-state index contributed by atoms with van der Waals surface area (Å²) in [6.45, 7) is 3.57. The van der Waals surface area contributed by atoms with E-state index in [1.54, 1.807) is 13.1 Å². The molecule has 0 saturated carbocycles. The van der Waals surface area contributed by atoms with Crippen LogP contribution in [0.4, 0.5) is 0 Å². The molecule has 12 heavy (non-hydrogen) atoms. The van der Waals surface area contributed by atoms with Crippen molar-refractivity contribution in [3.05, 3.63) is 41.6 Å². The van der Waals surface area contributed by atoms with Crippen LogP contribution in [-0.2, 0) is 4.80 Å². The van der Waals surface area contributed by atoms with Gasteiger partial charge in [0.2, 0.25) is 0 Å². The van der Waals surface area contributed by atoms with Gasteiger partial charge in [-0.1, -0.05) is 42.1 Å². The van der Waals surface area contributed by atoms with Gasteiger partial charge in [0.05, 0.1) is 0 Å². The van der Waals surface area contributed by atoms with Gasteiger partial charge in [0, 0.05) is 0 Å². The predicted octanol–water partition coefficient (Wildman–Crippen LogP) is 2.87. The van der Waals surface area contributed by atoms with Gasteiger partial charge in [-0.2, -0.15) is 0 Å². The molecule has 1 rings (SSSR count). The Kier molecular flexibility index (Phi) is 2.84. The van der Waals surface area contributed by atoms with Crippen molar-refractivity contribution in [1.82, 2.24) is 0 Å². The molecule has 0 fully saturated rings. The molecule has 0 aromatic heterocycles. The molecule has 0 bridgehead atoms. The molecule has 0 atom stereocenters. The van der Waals surface area contributed by atoms with E-state index < -0.39 is 8.32 Å². The first kappa shape index (κ1) is 9.23. The molecule has 0 heterocycles.